The van der Waals surface area contributed by atoms with Crippen LogP contribution >= 0.6 is 0 Å². The smallest absolute Gasteiger partial charge is 0.305 e. The molecule has 0 aromatic rings. The average Bonchev–Trinajstić information content (AvgIpc) is 3.37. The van der Waals surface area contributed by atoms with Crippen molar-refractivity contribution in [1.82, 2.24) is 5.32 Å². The van der Waals surface area contributed by atoms with Gasteiger partial charge in [-0.05, 0) is 64.2 Å². The van der Waals surface area contributed by atoms with E-state index in [1.807, 2.05) is 6.08 Å². The summed E-state index contributed by atoms with van der Waals surface area (Å²) in [5, 5.41) is 23.2. The number of allylic oxidation sites excluding steroid dienone is 5. The van der Waals surface area contributed by atoms with E-state index in [0.717, 1.165) is 64.2 Å². The summed E-state index contributed by atoms with van der Waals surface area (Å²) in [6, 6.07) is -0.640. The second kappa shape index (κ2) is 60.6. The van der Waals surface area contributed by atoms with Gasteiger partial charge in [-0.25, -0.2) is 0 Å². The van der Waals surface area contributed by atoms with Gasteiger partial charge in [0.1, 0.15) is 0 Å². The molecule has 71 heavy (non-hydrogen) atoms. The molecule has 0 heterocycles. The highest BCUT2D eigenvalue weighted by Gasteiger charge is 2.18. The van der Waals surface area contributed by atoms with Gasteiger partial charge in [-0.3, -0.25) is 9.59 Å². The zero-order valence-corrected chi connectivity index (χ0v) is 47.7. The van der Waals surface area contributed by atoms with Crippen molar-refractivity contribution in [2.24, 2.45) is 0 Å². The van der Waals surface area contributed by atoms with Crippen LogP contribution in [0.5, 0.6) is 0 Å². The Labute approximate surface area is 443 Å². The Kier molecular flexibility index (Phi) is 59.0. The highest BCUT2D eigenvalue weighted by Crippen LogP contribution is 2.18. The van der Waals surface area contributed by atoms with E-state index in [4.69, 9.17) is 4.74 Å². The summed E-state index contributed by atoms with van der Waals surface area (Å²) in [5.41, 5.74) is 0. The van der Waals surface area contributed by atoms with E-state index in [-0.39, 0.29) is 18.5 Å². The summed E-state index contributed by atoms with van der Waals surface area (Å²) < 4.78 is 5.47. The van der Waals surface area contributed by atoms with Crippen LogP contribution in [0, 0.1) is 0 Å². The van der Waals surface area contributed by atoms with Crippen molar-refractivity contribution >= 4 is 11.9 Å². The van der Waals surface area contributed by atoms with E-state index in [1.165, 1.54) is 250 Å². The first-order chi connectivity index (χ1) is 35.0. The van der Waals surface area contributed by atoms with Gasteiger partial charge in [0.05, 0.1) is 25.4 Å². The molecule has 3 N–H and O–H groups in total. The Balaban J connectivity index is 3.48. The number of rotatable bonds is 59. The van der Waals surface area contributed by atoms with E-state index >= 15 is 0 Å². The molecule has 0 aromatic heterocycles. The molecule has 0 spiro atoms. The van der Waals surface area contributed by atoms with Crippen molar-refractivity contribution in [3.8, 4) is 0 Å². The lowest BCUT2D eigenvalue weighted by Crippen LogP contribution is -2.45. The highest BCUT2D eigenvalue weighted by molar-refractivity contribution is 5.76. The monoisotopic (exact) mass is 998 g/mol. The van der Waals surface area contributed by atoms with E-state index in [1.54, 1.807) is 6.08 Å². The maximum Gasteiger partial charge on any atom is 0.305 e. The molecule has 0 radical (unpaired) electrons. The van der Waals surface area contributed by atoms with Crippen LogP contribution in [0.4, 0.5) is 0 Å². The molecule has 6 nitrogen and oxygen atoms in total. The molecule has 418 valence electrons. The molecule has 0 aliphatic rings. The second-order valence-electron chi connectivity index (χ2n) is 21.7. The van der Waals surface area contributed by atoms with Gasteiger partial charge < -0.3 is 20.3 Å². The van der Waals surface area contributed by atoms with Gasteiger partial charge in [0.25, 0.3) is 0 Å². The molecule has 0 aliphatic carbocycles. The Hall–Kier alpha value is -1.92. The van der Waals surface area contributed by atoms with Crippen molar-refractivity contribution in [2.45, 2.75) is 353 Å². The quantitative estimate of drug-likeness (QED) is 0.0321. The Morgan fingerprint density at radius 2 is 0.704 bits per heavy atom. The van der Waals surface area contributed by atoms with E-state index in [0.29, 0.717) is 19.4 Å². The number of aliphatic hydroxyl groups is 2. The van der Waals surface area contributed by atoms with Gasteiger partial charge in [0, 0.05) is 12.8 Å². The summed E-state index contributed by atoms with van der Waals surface area (Å²) in [4.78, 5) is 24.6. The third-order valence-corrected chi connectivity index (χ3v) is 14.7. The standard InChI is InChI=1S/C65H123NO5/c1-3-5-7-9-11-13-15-17-19-21-22-23-24-25-26-27-28-29-30-33-37-41-45-49-53-57-63(68)62(61-67)66-64(69)58-54-50-46-42-38-34-32-36-40-44-48-52-56-60-71-65(70)59-55-51-47-43-39-35-31-20-18-16-14-12-10-8-6-4-2/h14,16,20,31,53,57,62-63,67-68H,3-13,15,17-19,21-30,32-52,54-56,58-61H2,1-2H3,(H,66,69)/b16-14-,31-20-,57-53+. The number of nitrogens with one attached hydrogen (secondary N) is 1. The molecule has 2 unspecified atom stereocenters. The molecule has 0 saturated heterocycles. The number of unbranched alkanes of at least 4 members (excludes halogenated alkanes) is 44. The first-order valence-electron chi connectivity index (χ1n) is 31.8. The third kappa shape index (κ3) is 57.2. The summed E-state index contributed by atoms with van der Waals surface area (Å²) >= 11 is 0. The van der Waals surface area contributed by atoms with Gasteiger partial charge >= 0.3 is 5.97 Å². The maximum atomic E-state index is 12.5. The summed E-state index contributed by atoms with van der Waals surface area (Å²) in [5.74, 6) is -0.0981. The fraction of sp³-hybridized carbons (Fsp3) is 0.877. The van der Waals surface area contributed by atoms with Crippen molar-refractivity contribution in [3.63, 3.8) is 0 Å². The lowest BCUT2D eigenvalue weighted by atomic mass is 10.0. The number of esters is 1. The van der Waals surface area contributed by atoms with Crippen LogP contribution in [0.3, 0.4) is 0 Å². The van der Waals surface area contributed by atoms with E-state index in [2.05, 4.69) is 43.5 Å². The average molecular weight is 999 g/mol. The van der Waals surface area contributed by atoms with Gasteiger partial charge in [-0.15, -0.1) is 0 Å². The molecular formula is C65H123NO5. The lowest BCUT2D eigenvalue weighted by Gasteiger charge is -2.20. The van der Waals surface area contributed by atoms with Gasteiger partial charge in [0.15, 0.2) is 0 Å². The molecule has 1 amide bonds. The molecule has 0 aliphatic heterocycles. The minimum absolute atomic E-state index is 0.0196. The third-order valence-electron chi connectivity index (χ3n) is 14.7. The minimum Gasteiger partial charge on any atom is -0.466 e. The molecule has 0 aromatic carbocycles. The topological polar surface area (TPSA) is 95.9 Å². The van der Waals surface area contributed by atoms with Gasteiger partial charge in [-0.2, -0.15) is 0 Å². The van der Waals surface area contributed by atoms with Crippen LogP contribution in [0.1, 0.15) is 341 Å². The fourth-order valence-electron chi connectivity index (χ4n) is 9.78. The number of amides is 1. The highest BCUT2D eigenvalue weighted by atomic mass is 16.5. The van der Waals surface area contributed by atoms with Crippen LogP contribution in [0.15, 0.2) is 36.5 Å². The predicted molar refractivity (Wildman–Crippen MR) is 310 cm³/mol. The number of carbonyl (C=O) groups is 2. The summed E-state index contributed by atoms with van der Waals surface area (Å²) in [7, 11) is 0. The van der Waals surface area contributed by atoms with Crippen molar-refractivity contribution in [1.29, 1.82) is 0 Å². The van der Waals surface area contributed by atoms with Crippen molar-refractivity contribution < 1.29 is 24.5 Å². The molecule has 0 fully saturated rings. The van der Waals surface area contributed by atoms with Crippen molar-refractivity contribution in [3.05, 3.63) is 36.5 Å². The van der Waals surface area contributed by atoms with Crippen LogP contribution in [-0.2, 0) is 14.3 Å². The fourth-order valence-corrected chi connectivity index (χ4v) is 9.78. The number of aliphatic hydroxyl groups excluding tert-OH is 2. The molecule has 6 heteroatoms. The normalized spacial score (nSPS) is 12.8. The molecule has 0 bridgehead atoms. The van der Waals surface area contributed by atoms with Crippen LogP contribution in [0.2, 0.25) is 0 Å². The van der Waals surface area contributed by atoms with Crippen LogP contribution < -0.4 is 5.32 Å². The first-order valence-corrected chi connectivity index (χ1v) is 31.8. The Morgan fingerprint density at radius 1 is 0.394 bits per heavy atom. The molecule has 0 saturated carbocycles. The molecule has 0 rings (SSSR count). The minimum atomic E-state index is -0.856. The predicted octanol–water partition coefficient (Wildman–Crippen LogP) is 20.0. The number of hydrogen-bond donors (Lipinski definition) is 3. The first kappa shape index (κ1) is 69.1. The van der Waals surface area contributed by atoms with Gasteiger partial charge in [-0.1, -0.05) is 301 Å². The Morgan fingerprint density at radius 3 is 1.08 bits per heavy atom. The SMILES string of the molecule is CCCCCC/C=C\C/C=C\CCCCCCCC(=O)OCCCCCCCCCCCCCCCC(=O)NC(CO)C(O)/C=C/CCCCCCCCCCCCCCCCCCCCCCCCC. The lowest BCUT2D eigenvalue weighted by molar-refractivity contribution is -0.143. The molecule has 2 atom stereocenters. The maximum absolute atomic E-state index is 12.5. The largest absolute Gasteiger partial charge is 0.466 e. The molecular weight excluding hydrogens is 875 g/mol. The zero-order chi connectivity index (χ0) is 51.4. The number of ether oxygens (including phenoxy) is 1. The van der Waals surface area contributed by atoms with E-state index in [9.17, 15) is 19.8 Å². The Bertz CT molecular complexity index is 1150. The van der Waals surface area contributed by atoms with Crippen LogP contribution in [-0.4, -0.2) is 47.4 Å². The van der Waals surface area contributed by atoms with Crippen molar-refractivity contribution in [2.75, 3.05) is 13.2 Å². The zero-order valence-electron chi connectivity index (χ0n) is 47.7. The summed E-state index contributed by atoms with van der Waals surface area (Å²) in [6.07, 6.45) is 76.1. The summed E-state index contributed by atoms with van der Waals surface area (Å²) in [6.45, 7) is 4.87. The second-order valence-corrected chi connectivity index (χ2v) is 21.7. The van der Waals surface area contributed by atoms with E-state index < -0.39 is 12.1 Å². The number of carbonyl (C=O) groups excluding carboxylic acids is 2. The van der Waals surface area contributed by atoms with Gasteiger partial charge in [0.2, 0.25) is 5.91 Å². The van der Waals surface area contributed by atoms with Crippen LogP contribution in [0.25, 0.3) is 0 Å². The number of hydrogen-bond acceptors (Lipinski definition) is 5.